The van der Waals surface area contributed by atoms with Crippen molar-refractivity contribution in [1.29, 1.82) is 0 Å². The summed E-state index contributed by atoms with van der Waals surface area (Å²) in [5.74, 6) is 0.987. The SMILES string of the molecule is C=Cc1ccc2c(c1)C(C)Oc1cc(C)ccc1-2. The molecule has 0 spiro atoms. The molecule has 1 heteroatoms. The summed E-state index contributed by atoms with van der Waals surface area (Å²) < 4.78 is 6.00. The molecule has 1 aliphatic heterocycles. The van der Waals surface area contributed by atoms with Gasteiger partial charge in [0.25, 0.3) is 0 Å². The molecule has 0 bridgehead atoms. The zero-order valence-electron chi connectivity index (χ0n) is 10.7. The zero-order chi connectivity index (χ0) is 12.7. The molecule has 0 fully saturated rings. The van der Waals surface area contributed by atoms with Crippen LogP contribution in [0.3, 0.4) is 0 Å². The highest BCUT2D eigenvalue weighted by Gasteiger charge is 2.22. The fourth-order valence-electron chi connectivity index (χ4n) is 2.49. The number of aryl methyl sites for hydroxylation is 1. The Bertz CT molecular complexity index is 626. The van der Waals surface area contributed by atoms with Gasteiger partial charge in [0.05, 0.1) is 0 Å². The van der Waals surface area contributed by atoms with E-state index in [4.69, 9.17) is 4.74 Å². The average molecular weight is 236 g/mol. The molecule has 2 aromatic rings. The zero-order valence-corrected chi connectivity index (χ0v) is 10.7. The molecule has 3 rings (SSSR count). The maximum Gasteiger partial charge on any atom is 0.128 e. The van der Waals surface area contributed by atoms with Gasteiger partial charge in [-0.3, -0.25) is 0 Å². The molecule has 18 heavy (non-hydrogen) atoms. The maximum atomic E-state index is 6.00. The molecule has 0 N–H and O–H groups in total. The van der Waals surface area contributed by atoms with E-state index < -0.39 is 0 Å². The highest BCUT2D eigenvalue weighted by molar-refractivity contribution is 5.77. The van der Waals surface area contributed by atoms with E-state index in [0.717, 1.165) is 11.3 Å². The number of benzene rings is 2. The number of rotatable bonds is 1. The molecule has 90 valence electrons. The smallest absolute Gasteiger partial charge is 0.128 e. The second kappa shape index (κ2) is 4.02. The molecule has 0 radical (unpaired) electrons. The van der Waals surface area contributed by atoms with Crippen LogP contribution < -0.4 is 4.74 Å². The van der Waals surface area contributed by atoms with E-state index >= 15 is 0 Å². The van der Waals surface area contributed by atoms with Gasteiger partial charge in [-0.2, -0.15) is 0 Å². The molecule has 0 amide bonds. The minimum absolute atomic E-state index is 0.0919. The van der Waals surface area contributed by atoms with Crippen LogP contribution in [0.25, 0.3) is 17.2 Å². The van der Waals surface area contributed by atoms with Crippen molar-refractivity contribution >= 4 is 6.08 Å². The molecule has 2 aromatic carbocycles. The highest BCUT2D eigenvalue weighted by Crippen LogP contribution is 2.42. The predicted molar refractivity (Wildman–Crippen MR) is 75.7 cm³/mol. The lowest BCUT2D eigenvalue weighted by molar-refractivity contribution is 0.223. The molecular formula is C17H16O. The van der Waals surface area contributed by atoms with E-state index in [2.05, 4.69) is 56.8 Å². The summed E-state index contributed by atoms with van der Waals surface area (Å²) >= 11 is 0. The van der Waals surface area contributed by atoms with Gasteiger partial charge in [0.1, 0.15) is 11.9 Å². The Hall–Kier alpha value is -2.02. The molecule has 0 saturated carbocycles. The van der Waals surface area contributed by atoms with Gasteiger partial charge in [-0.1, -0.05) is 36.9 Å². The highest BCUT2D eigenvalue weighted by atomic mass is 16.5. The first-order valence-electron chi connectivity index (χ1n) is 6.23. The fraction of sp³-hybridized carbons (Fsp3) is 0.176. The normalized spacial score (nSPS) is 16.4. The third-order valence-corrected chi connectivity index (χ3v) is 3.48. The van der Waals surface area contributed by atoms with Crippen LogP contribution in [0.4, 0.5) is 0 Å². The minimum Gasteiger partial charge on any atom is -0.485 e. The Labute approximate surface area is 108 Å². The first-order valence-corrected chi connectivity index (χ1v) is 6.23. The summed E-state index contributed by atoms with van der Waals surface area (Å²) in [7, 11) is 0. The third-order valence-electron chi connectivity index (χ3n) is 3.48. The lowest BCUT2D eigenvalue weighted by atomic mass is 9.91. The van der Waals surface area contributed by atoms with Crippen molar-refractivity contribution in [2.75, 3.05) is 0 Å². The van der Waals surface area contributed by atoms with Gasteiger partial charge in [0.2, 0.25) is 0 Å². The average Bonchev–Trinajstić information content (AvgIpc) is 2.38. The van der Waals surface area contributed by atoms with Crippen LogP contribution in [-0.2, 0) is 0 Å². The molecule has 0 saturated heterocycles. The van der Waals surface area contributed by atoms with Crippen molar-refractivity contribution in [1.82, 2.24) is 0 Å². The Kier molecular flexibility index (Phi) is 2.48. The first-order chi connectivity index (χ1) is 8.69. The molecule has 1 atom stereocenters. The van der Waals surface area contributed by atoms with Crippen molar-refractivity contribution in [2.45, 2.75) is 20.0 Å². The van der Waals surface area contributed by atoms with E-state index in [-0.39, 0.29) is 6.10 Å². The Morgan fingerprint density at radius 2 is 1.89 bits per heavy atom. The van der Waals surface area contributed by atoms with Crippen LogP contribution >= 0.6 is 0 Å². The summed E-state index contributed by atoms with van der Waals surface area (Å²) in [4.78, 5) is 0. The largest absolute Gasteiger partial charge is 0.485 e. The second-order valence-electron chi connectivity index (χ2n) is 4.81. The van der Waals surface area contributed by atoms with Gasteiger partial charge in [-0.05, 0) is 42.7 Å². The van der Waals surface area contributed by atoms with Gasteiger partial charge >= 0.3 is 0 Å². The Morgan fingerprint density at radius 3 is 2.67 bits per heavy atom. The second-order valence-corrected chi connectivity index (χ2v) is 4.81. The van der Waals surface area contributed by atoms with Crippen molar-refractivity contribution < 1.29 is 4.74 Å². The van der Waals surface area contributed by atoms with Crippen molar-refractivity contribution in [2.24, 2.45) is 0 Å². The van der Waals surface area contributed by atoms with Gasteiger partial charge in [-0.25, -0.2) is 0 Å². The van der Waals surface area contributed by atoms with Crippen molar-refractivity contribution in [3.8, 4) is 16.9 Å². The number of fused-ring (bicyclic) bond motifs is 3. The Morgan fingerprint density at radius 1 is 1.11 bits per heavy atom. The van der Waals surface area contributed by atoms with Crippen molar-refractivity contribution in [3.63, 3.8) is 0 Å². The molecule has 1 heterocycles. The van der Waals surface area contributed by atoms with Gasteiger partial charge in [0, 0.05) is 11.1 Å². The quantitative estimate of drug-likeness (QED) is 0.693. The lowest BCUT2D eigenvalue weighted by Crippen LogP contribution is -2.11. The van der Waals surface area contributed by atoms with Crippen LogP contribution in [0.15, 0.2) is 43.0 Å². The summed E-state index contributed by atoms with van der Waals surface area (Å²) in [6.45, 7) is 8.00. The predicted octanol–water partition coefficient (Wildman–Crippen LogP) is 4.76. The van der Waals surface area contributed by atoms with Crippen molar-refractivity contribution in [3.05, 3.63) is 59.7 Å². The topological polar surface area (TPSA) is 9.23 Å². The van der Waals surface area contributed by atoms with Gasteiger partial charge < -0.3 is 4.74 Å². The Balaban J connectivity index is 2.24. The van der Waals surface area contributed by atoms with Crippen LogP contribution in [0.1, 0.15) is 29.7 Å². The number of hydrogen-bond acceptors (Lipinski definition) is 1. The molecular weight excluding hydrogens is 220 g/mol. The summed E-state index contributed by atoms with van der Waals surface area (Å²) in [5.41, 5.74) is 6.06. The number of hydrogen-bond donors (Lipinski definition) is 0. The van der Waals surface area contributed by atoms with Crippen LogP contribution in [0, 0.1) is 6.92 Å². The third kappa shape index (κ3) is 1.63. The standard InChI is InChI=1S/C17H16O/c1-4-13-6-8-14-15-7-5-11(2)9-17(15)18-12(3)16(14)10-13/h4-10,12H,1H2,2-3H3. The van der Waals surface area contributed by atoms with Crippen LogP contribution in [0.2, 0.25) is 0 Å². The first kappa shape index (κ1) is 11.1. The van der Waals surface area contributed by atoms with E-state index in [1.807, 2.05) is 6.08 Å². The van der Waals surface area contributed by atoms with E-state index in [9.17, 15) is 0 Å². The van der Waals surface area contributed by atoms with E-state index in [0.29, 0.717) is 0 Å². The minimum atomic E-state index is 0.0919. The van der Waals surface area contributed by atoms with Gasteiger partial charge in [0.15, 0.2) is 0 Å². The maximum absolute atomic E-state index is 6.00. The molecule has 0 aromatic heterocycles. The fourth-order valence-corrected chi connectivity index (χ4v) is 2.49. The lowest BCUT2D eigenvalue weighted by Gasteiger charge is -2.27. The summed E-state index contributed by atoms with van der Waals surface area (Å²) in [6, 6.07) is 12.8. The molecule has 1 nitrogen and oxygen atoms in total. The molecule has 1 unspecified atom stereocenters. The molecule has 0 aliphatic carbocycles. The van der Waals surface area contributed by atoms with Crippen LogP contribution in [0.5, 0.6) is 5.75 Å². The summed E-state index contributed by atoms with van der Waals surface area (Å²) in [6.07, 6.45) is 1.96. The monoisotopic (exact) mass is 236 g/mol. The number of ether oxygens (including phenoxy) is 1. The molecule has 1 aliphatic rings. The van der Waals surface area contributed by atoms with Gasteiger partial charge in [-0.15, -0.1) is 0 Å². The van der Waals surface area contributed by atoms with Crippen LogP contribution in [-0.4, -0.2) is 0 Å². The van der Waals surface area contributed by atoms with E-state index in [1.165, 1.54) is 22.3 Å². The van der Waals surface area contributed by atoms with E-state index in [1.54, 1.807) is 0 Å². The summed E-state index contributed by atoms with van der Waals surface area (Å²) in [5, 5.41) is 0.